The first-order valence-corrected chi connectivity index (χ1v) is 6.65. The van der Waals surface area contributed by atoms with Gasteiger partial charge in [-0.15, -0.1) is 0 Å². The van der Waals surface area contributed by atoms with Crippen LogP contribution in [-0.4, -0.2) is 39.2 Å². The third-order valence-corrected chi connectivity index (χ3v) is 3.34. The van der Waals surface area contributed by atoms with Gasteiger partial charge in [0.05, 0.1) is 12.4 Å². The lowest BCUT2D eigenvalue weighted by Gasteiger charge is -2.22. The van der Waals surface area contributed by atoms with Gasteiger partial charge in [0.1, 0.15) is 5.52 Å². The van der Waals surface area contributed by atoms with Crippen molar-refractivity contribution in [2.75, 3.05) is 24.2 Å². The summed E-state index contributed by atoms with van der Waals surface area (Å²) in [6.45, 7) is 1.69. The molecule has 1 fully saturated rings. The first kappa shape index (κ1) is 12.2. The van der Waals surface area contributed by atoms with E-state index in [0.29, 0.717) is 17.6 Å². The summed E-state index contributed by atoms with van der Waals surface area (Å²) in [4.78, 5) is 15.4. The summed E-state index contributed by atoms with van der Waals surface area (Å²) in [7, 11) is 0. The molecule has 3 heterocycles. The van der Waals surface area contributed by atoms with Crippen molar-refractivity contribution in [1.82, 2.24) is 19.9 Å². The molecule has 0 aromatic carbocycles. The van der Waals surface area contributed by atoms with Gasteiger partial charge < -0.3 is 20.8 Å². The van der Waals surface area contributed by atoms with Crippen LogP contribution >= 0.6 is 0 Å². The lowest BCUT2D eigenvalue weighted by Crippen LogP contribution is -2.22. The molecule has 0 aliphatic carbocycles. The number of nitrogen functional groups attached to an aromatic ring is 1. The molecule has 1 saturated heterocycles. The number of nitrogens with zero attached hydrogens (tertiary/aromatic N) is 3. The minimum Gasteiger partial charge on any atom is -0.378 e. The van der Waals surface area contributed by atoms with E-state index in [1.165, 1.54) is 12.8 Å². The Balaban J connectivity index is 1.63. The second-order valence-electron chi connectivity index (χ2n) is 4.74. The van der Waals surface area contributed by atoms with Crippen molar-refractivity contribution in [1.29, 1.82) is 0 Å². The molecular weight excluding hydrogens is 244 g/mol. The molecule has 0 amide bonds. The van der Waals surface area contributed by atoms with Crippen molar-refractivity contribution < 1.29 is 4.74 Å². The molecule has 19 heavy (non-hydrogen) atoms. The first-order valence-electron chi connectivity index (χ1n) is 6.65. The molecule has 0 saturated carbocycles. The molecule has 7 heteroatoms. The summed E-state index contributed by atoms with van der Waals surface area (Å²) < 4.78 is 5.69. The smallest absolute Gasteiger partial charge is 0.224 e. The number of hydrogen-bond donors (Lipinski definition) is 3. The van der Waals surface area contributed by atoms with Gasteiger partial charge in [0.2, 0.25) is 5.95 Å². The minimum absolute atomic E-state index is 0.232. The monoisotopic (exact) mass is 262 g/mol. The summed E-state index contributed by atoms with van der Waals surface area (Å²) in [6.07, 6.45) is 6.51. The second-order valence-corrected chi connectivity index (χ2v) is 4.74. The Hall–Kier alpha value is -1.89. The fourth-order valence-electron chi connectivity index (χ4n) is 2.36. The van der Waals surface area contributed by atoms with E-state index in [1.54, 1.807) is 6.33 Å². The number of rotatable bonds is 4. The zero-order chi connectivity index (χ0) is 13.1. The van der Waals surface area contributed by atoms with Crippen molar-refractivity contribution >= 4 is 22.9 Å². The van der Waals surface area contributed by atoms with Gasteiger partial charge in [-0.1, -0.05) is 0 Å². The van der Waals surface area contributed by atoms with E-state index in [2.05, 4.69) is 25.3 Å². The van der Waals surface area contributed by atoms with Gasteiger partial charge in [-0.05, 0) is 25.7 Å². The van der Waals surface area contributed by atoms with Gasteiger partial charge in [0, 0.05) is 13.2 Å². The highest BCUT2D eigenvalue weighted by atomic mass is 16.5. The normalized spacial score (nSPS) is 19.7. The molecule has 102 valence electrons. The van der Waals surface area contributed by atoms with Gasteiger partial charge >= 0.3 is 0 Å². The Morgan fingerprint density at radius 3 is 3.21 bits per heavy atom. The molecule has 1 atom stereocenters. The van der Waals surface area contributed by atoms with Crippen LogP contribution in [0.2, 0.25) is 0 Å². The largest absolute Gasteiger partial charge is 0.378 e. The maximum atomic E-state index is 5.69. The summed E-state index contributed by atoms with van der Waals surface area (Å²) in [5.74, 6) is 0.937. The Bertz CT molecular complexity index is 548. The summed E-state index contributed by atoms with van der Waals surface area (Å²) in [5, 5.41) is 3.28. The average molecular weight is 262 g/mol. The standard InChI is InChI=1S/C12H18N6O/c13-12-17-10(9-11(18-12)16-7-15-9)14-5-4-8-3-1-2-6-19-8/h7-8H,1-6H2,(H4,13,14,15,16,17,18). The number of hydrogen-bond acceptors (Lipinski definition) is 6. The van der Waals surface area contributed by atoms with E-state index in [0.717, 1.165) is 31.5 Å². The number of nitrogens with one attached hydrogen (secondary N) is 2. The van der Waals surface area contributed by atoms with Gasteiger partial charge in [0.15, 0.2) is 11.5 Å². The Labute approximate surface area is 111 Å². The van der Waals surface area contributed by atoms with Crippen LogP contribution in [0.1, 0.15) is 25.7 Å². The third-order valence-electron chi connectivity index (χ3n) is 3.34. The van der Waals surface area contributed by atoms with Crippen LogP contribution in [0.25, 0.3) is 11.2 Å². The highest BCUT2D eigenvalue weighted by molar-refractivity contribution is 5.83. The third kappa shape index (κ3) is 2.76. The topological polar surface area (TPSA) is 102 Å². The Morgan fingerprint density at radius 2 is 2.37 bits per heavy atom. The summed E-state index contributed by atoms with van der Waals surface area (Å²) in [6, 6.07) is 0. The van der Waals surface area contributed by atoms with E-state index in [-0.39, 0.29) is 5.95 Å². The average Bonchev–Trinajstić information content (AvgIpc) is 2.88. The first-order chi connectivity index (χ1) is 9.33. The van der Waals surface area contributed by atoms with Crippen molar-refractivity contribution in [2.45, 2.75) is 31.8 Å². The molecule has 7 nitrogen and oxygen atoms in total. The predicted molar refractivity (Wildman–Crippen MR) is 72.8 cm³/mol. The van der Waals surface area contributed by atoms with Crippen LogP contribution in [0.15, 0.2) is 6.33 Å². The number of anilines is 2. The van der Waals surface area contributed by atoms with Gasteiger partial charge in [-0.3, -0.25) is 0 Å². The number of aromatic nitrogens is 4. The van der Waals surface area contributed by atoms with Gasteiger partial charge in [-0.25, -0.2) is 4.98 Å². The Kier molecular flexibility index (Phi) is 3.45. The number of H-pyrrole nitrogens is 1. The number of ether oxygens (including phenoxy) is 1. The summed E-state index contributed by atoms with van der Waals surface area (Å²) in [5.41, 5.74) is 7.04. The van der Waals surface area contributed by atoms with Crippen LogP contribution in [-0.2, 0) is 4.74 Å². The number of aromatic amines is 1. The molecular formula is C12H18N6O. The lowest BCUT2D eigenvalue weighted by molar-refractivity contribution is 0.0134. The molecule has 2 aromatic rings. The molecule has 3 rings (SSSR count). The number of fused-ring (bicyclic) bond motifs is 1. The molecule has 0 bridgehead atoms. The molecule has 1 aliphatic rings. The zero-order valence-corrected chi connectivity index (χ0v) is 10.7. The highest BCUT2D eigenvalue weighted by Gasteiger charge is 2.14. The number of imidazole rings is 1. The molecule has 1 aliphatic heterocycles. The molecule has 4 N–H and O–H groups in total. The lowest BCUT2D eigenvalue weighted by atomic mass is 10.1. The van der Waals surface area contributed by atoms with Crippen molar-refractivity contribution in [3.05, 3.63) is 6.33 Å². The van der Waals surface area contributed by atoms with Gasteiger partial charge in [-0.2, -0.15) is 9.97 Å². The van der Waals surface area contributed by atoms with Crippen molar-refractivity contribution in [3.8, 4) is 0 Å². The molecule has 1 unspecified atom stereocenters. The summed E-state index contributed by atoms with van der Waals surface area (Å²) >= 11 is 0. The zero-order valence-electron chi connectivity index (χ0n) is 10.7. The van der Waals surface area contributed by atoms with E-state index >= 15 is 0 Å². The molecule has 0 radical (unpaired) electrons. The fourth-order valence-corrected chi connectivity index (χ4v) is 2.36. The number of nitrogens with two attached hydrogens (primary N) is 1. The van der Waals surface area contributed by atoms with Crippen LogP contribution in [0.3, 0.4) is 0 Å². The van der Waals surface area contributed by atoms with Crippen molar-refractivity contribution in [2.24, 2.45) is 0 Å². The van der Waals surface area contributed by atoms with Crippen LogP contribution < -0.4 is 11.1 Å². The van der Waals surface area contributed by atoms with E-state index < -0.39 is 0 Å². The predicted octanol–water partition coefficient (Wildman–Crippen LogP) is 1.31. The SMILES string of the molecule is Nc1nc(NCCC2CCCCO2)c2[nH]cnc2n1. The highest BCUT2D eigenvalue weighted by Crippen LogP contribution is 2.19. The minimum atomic E-state index is 0.232. The second kappa shape index (κ2) is 5.40. The maximum absolute atomic E-state index is 5.69. The van der Waals surface area contributed by atoms with E-state index in [1.807, 2.05) is 0 Å². The van der Waals surface area contributed by atoms with E-state index in [9.17, 15) is 0 Å². The van der Waals surface area contributed by atoms with E-state index in [4.69, 9.17) is 10.5 Å². The quantitative estimate of drug-likeness (QED) is 0.767. The molecule has 0 spiro atoms. The maximum Gasteiger partial charge on any atom is 0.224 e. The Morgan fingerprint density at radius 1 is 1.42 bits per heavy atom. The van der Waals surface area contributed by atoms with Gasteiger partial charge in [0.25, 0.3) is 0 Å². The van der Waals surface area contributed by atoms with Crippen molar-refractivity contribution in [3.63, 3.8) is 0 Å². The fraction of sp³-hybridized carbons (Fsp3) is 0.583. The van der Waals surface area contributed by atoms with Crippen LogP contribution in [0, 0.1) is 0 Å². The molecule has 2 aromatic heterocycles. The van der Waals surface area contributed by atoms with Crippen LogP contribution in [0.4, 0.5) is 11.8 Å². The van der Waals surface area contributed by atoms with Crippen LogP contribution in [0.5, 0.6) is 0 Å².